The smallest absolute Gasteiger partial charge is 0.331 e. The van der Waals surface area contributed by atoms with E-state index in [4.69, 9.17) is 21.4 Å². The lowest BCUT2D eigenvalue weighted by Gasteiger charge is -2.07. The highest BCUT2D eigenvalue weighted by Crippen LogP contribution is 2.27. The number of nitrogens with one attached hydrogen (secondary N) is 1. The molecule has 0 radical (unpaired) electrons. The minimum absolute atomic E-state index is 0.304. The van der Waals surface area contributed by atoms with Gasteiger partial charge in [0.25, 0.3) is 0 Å². The molecule has 0 heterocycles. The van der Waals surface area contributed by atoms with Crippen LogP contribution in [0.4, 0.5) is 5.69 Å². The van der Waals surface area contributed by atoms with E-state index in [-0.39, 0.29) is 0 Å². The number of rotatable bonds is 5. The minimum Gasteiger partial charge on any atom is -0.495 e. The van der Waals surface area contributed by atoms with Gasteiger partial charge in [0.15, 0.2) is 0 Å². The summed E-state index contributed by atoms with van der Waals surface area (Å²) in [6.07, 6.45) is 1.60. The molecule has 1 aromatic rings. The van der Waals surface area contributed by atoms with E-state index < -0.39 is 5.97 Å². The monoisotopic (exact) mass is 255 g/mol. The van der Waals surface area contributed by atoms with E-state index in [9.17, 15) is 4.79 Å². The predicted octanol–water partition coefficient (Wildman–Crippen LogP) is 2.79. The molecule has 17 heavy (non-hydrogen) atoms. The van der Waals surface area contributed by atoms with Crippen LogP contribution in [0.15, 0.2) is 29.8 Å². The van der Waals surface area contributed by atoms with Gasteiger partial charge in [-0.1, -0.05) is 17.7 Å². The highest BCUT2D eigenvalue weighted by atomic mass is 35.5. The second-order valence-corrected chi connectivity index (χ2v) is 3.83. The molecule has 2 N–H and O–H groups in total. The summed E-state index contributed by atoms with van der Waals surface area (Å²) in [6.45, 7) is 1.98. The highest BCUT2D eigenvalue weighted by Gasteiger charge is 2.01. The molecule has 0 unspecified atom stereocenters. The number of halogens is 1. The molecule has 1 rings (SSSR count). The number of anilines is 1. The van der Waals surface area contributed by atoms with Crippen LogP contribution < -0.4 is 10.1 Å². The number of benzene rings is 1. The third-order valence-corrected chi connectivity index (χ3v) is 2.52. The molecule has 0 atom stereocenters. The molecular weight excluding hydrogens is 242 g/mol. The third kappa shape index (κ3) is 4.00. The molecule has 0 fully saturated rings. The van der Waals surface area contributed by atoms with Crippen molar-refractivity contribution in [1.29, 1.82) is 0 Å². The lowest BCUT2D eigenvalue weighted by molar-refractivity contribution is -0.132. The van der Waals surface area contributed by atoms with Gasteiger partial charge in [-0.15, -0.1) is 0 Å². The van der Waals surface area contributed by atoms with Crippen LogP contribution in [0.25, 0.3) is 0 Å². The van der Waals surface area contributed by atoms with Crippen LogP contribution in [0, 0.1) is 0 Å². The Bertz CT molecular complexity index is 443. The van der Waals surface area contributed by atoms with Crippen LogP contribution in [0.3, 0.4) is 0 Å². The van der Waals surface area contributed by atoms with Gasteiger partial charge in [-0.3, -0.25) is 0 Å². The molecule has 1 aromatic carbocycles. The molecule has 0 spiro atoms. The molecule has 0 aliphatic heterocycles. The topological polar surface area (TPSA) is 58.6 Å². The zero-order valence-electron chi connectivity index (χ0n) is 9.66. The fourth-order valence-corrected chi connectivity index (χ4v) is 1.37. The molecule has 0 aliphatic rings. The SMILES string of the molecule is COc1cc(NC/C=C(/C)C(=O)O)ccc1Cl. The molecule has 0 bridgehead atoms. The van der Waals surface area contributed by atoms with Crippen molar-refractivity contribution in [2.75, 3.05) is 19.0 Å². The first-order valence-electron chi connectivity index (χ1n) is 5.02. The summed E-state index contributed by atoms with van der Waals surface area (Å²) in [7, 11) is 1.54. The van der Waals surface area contributed by atoms with Crippen LogP contribution in [-0.2, 0) is 4.79 Å². The standard InChI is InChI=1S/C12H14ClNO3/c1-8(12(15)16)5-6-14-9-3-4-10(13)11(7-9)17-2/h3-5,7,14H,6H2,1-2H3,(H,15,16)/b8-5-. The van der Waals surface area contributed by atoms with E-state index >= 15 is 0 Å². The Labute approximate surface area is 105 Å². The first-order chi connectivity index (χ1) is 8.04. The summed E-state index contributed by atoms with van der Waals surface area (Å²) < 4.78 is 5.07. The van der Waals surface area contributed by atoms with E-state index in [1.807, 2.05) is 0 Å². The lowest BCUT2D eigenvalue weighted by atomic mass is 10.2. The molecule has 92 valence electrons. The normalized spacial score (nSPS) is 11.1. The van der Waals surface area contributed by atoms with E-state index in [0.29, 0.717) is 22.9 Å². The summed E-state index contributed by atoms with van der Waals surface area (Å²) in [5, 5.41) is 12.3. The van der Waals surface area contributed by atoms with Gasteiger partial charge >= 0.3 is 5.97 Å². The maximum absolute atomic E-state index is 10.6. The number of carbonyl (C=O) groups is 1. The van der Waals surface area contributed by atoms with Crippen LogP contribution >= 0.6 is 11.6 Å². The number of ether oxygens (including phenoxy) is 1. The molecule has 0 aliphatic carbocycles. The summed E-state index contributed by atoms with van der Waals surface area (Å²) in [6, 6.07) is 5.28. The van der Waals surface area contributed by atoms with E-state index in [1.54, 1.807) is 38.3 Å². The maximum atomic E-state index is 10.6. The molecule has 5 heteroatoms. The quantitative estimate of drug-likeness (QED) is 0.795. The highest BCUT2D eigenvalue weighted by molar-refractivity contribution is 6.32. The summed E-state index contributed by atoms with van der Waals surface area (Å²) in [5.41, 5.74) is 1.12. The number of aliphatic carboxylic acids is 1. The van der Waals surface area contributed by atoms with Crippen molar-refractivity contribution >= 4 is 23.3 Å². The Morgan fingerprint density at radius 3 is 2.88 bits per heavy atom. The Morgan fingerprint density at radius 2 is 2.29 bits per heavy atom. The van der Waals surface area contributed by atoms with Crippen LogP contribution in [0.1, 0.15) is 6.92 Å². The van der Waals surface area contributed by atoms with Gasteiger partial charge in [0.05, 0.1) is 12.1 Å². The Hall–Kier alpha value is -1.68. The largest absolute Gasteiger partial charge is 0.495 e. The van der Waals surface area contributed by atoms with E-state index in [1.165, 1.54) is 0 Å². The Morgan fingerprint density at radius 1 is 1.59 bits per heavy atom. The fourth-order valence-electron chi connectivity index (χ4n) is 1.18. The van der Waals surface area contributed by atoms with Gasteiger partial charge in [-0.2, -0.15) is 0 Å². The summed E-state index contributed by atoms with van der Waals surface area (Å²) in [5.74, 6) is -0.337. The molecule has 0 amide bonds. The zero-order chi connectivity index (χ0) is 12.8. The number of carboxylic acids is 1. The van der Waals surface area contributed by atoms with Gasteiger partial charge in [-0.25, -0.2) is 4.79 Å². The fraction of sp³-hybridized carbons (Fsp3) is 0.250. The number of methoxy groups -OCH3 is 1. The van der Waals surface area contributed by atoms with E-state index in [0.717, 1.165) is 5.69 Å². The molecular formula is C12H14ClNO3. The van der Waals surface area contributed by atoms with Gasteiger partial charge < -0.3 is 15.2 Å². The number of carboxylic acid groups (broad SMARTS) is 1. The second kappa shape index (κ2) is 6.15. The minimum atomic E-state index is -0.916. The van der Waals surface area contributed by atoms with Gasteiger partial charge in [0.1, 0.15) is 5.75 Å². The van der Waals surface area contributed by atoms with Gasteiger partial charge in [0.2, 0.25) is 0 Å². The number of hydrogen-bond acceptors (Lipinski definition) is 3. The summed E-state index contributed by atoms with van der Waals surface area (Å²) >= 11 is 5.88. The average molecular weight is 256 g/mol. The van der Waals surface area contributed by atoms with Crippen molar-refractivity contribution in [2.24, 2.45) is 0 Å². The third-order valence-electron chi connectivity index (χ3n) is 2.20. The molecule has 4 nitrogen and oxygen atoms in total. The van der Waals surface area contributed by atoms with Crippen molar-refractivity contribution < 1.29 is 14.6 Å². The van der Waals surface area contributed by atoms with Crippen molar-refractivity contribution in [1.82, 2.24) is 0 Å². The first kappa shape index (κ1) is 13.4. The van der Waals surface area contributed by atoms with Crippen LogP contribution in [-0.4, -0.2) is 24.7 Å². The van der Waals surface area contributed by atoms with Crippen LogP contribution in [0.2, 0.25) is 5.02 Å². The van der Waals surface area contributed by atoms with E-state index in [2.05, 4.69) is 5.32 Å². The maximum Gasteiger partial charge on any atom is 0.331 e. The predicted molar refractivity (Wildman–Crippen MR) is 67.9 cm³/mol. The molecule has 0 saturated carbocycles. The molecule has 0 aromatic heterocycles. The first-order valence-corrected chi connectivity index (χ1v) is 5.40. The zero-order valence-corrected chi connectivity index (χ0v) is 10.4. The second-order valence-electron chi connectivity index (χ2n) is 3.42. The van der Waals surface area contributed by atoms with Crippen LogP contribution in [0.5, 0.6) is 5.75 Å². The van der Waals surface area contributed by atoms with Gasteiger partial charge in [-0.05, 0) is 19.1 Å². The average Bonchev–Trinajstić information content (AvgIpc) is 2.31. The summed E-state index contributed by atoms with van der Waals surface area (Å²) in [4.78, 5) is 10.6. The van der Waals surface area contributed by atoms with Crippen molar-refractivity contribution in [2.45, 2.75) is 6.92 Å². The number of hydrogen-bond donors (Lipinski definition) is 2. The van der Waals surface area contributed by atoms with Crippen molar-refractivity contribution in [3.8, 4) is 5.75 Å². The molecule has 0 saturated heterocycles. The van der Waals surface area contributed by atoms with Gasteiger partial charge in [0, 0.05) is 23.9 Å². The lowest BCUT2D eigenvalue weighted by Crippen LogP contribution is -2.03. The van der Waals surface area contributed by atoms with Crippen molar-refractivity contribution in [3.63, 3.8) is 0 Å². The Kier molecular flexibility index (Phi) is 4.84. The Balaban J connectivity index is 2.64. The van der Waals surface area contributed by atoms with Crippen molar-refractivity contribution in [3.05, 3.63) is 34.9 Å².